The molecule has 0 atom stereocenters. The van der Waals surface area contributed by atoms with Gasteiger partial charge in [0.2, 0.25) is 5.28 Å². The van der Waals surface area contributed by atoms with Crippen molar-refractivity contribution in [3.63, 3.8) is 0 Å². The highest BCUT2D eigenvalue weighted by Crippen LogP contribution is 2.06. The Bertz CT molecular complexity index is 531. The first-order valence-electron chi connectivity index (χ1n) is 4.53. The number of aromatic amines is 1. The van der Waals surface area contributed by atoms with Gasteiger partial charge in [0.25, 0.3) is 5.56 Å². The molecule has 2 N–H and O–H groups in total. The first kappa shape index (κ1) is 10.1. The highest BCUT2D eigenvalue weighted by atomic mass is 35.5. The summed E-state index contributed by atoms with van der Waals surface area (Å²) < 4.78 is 1.74. The molecule has 7 heteroatoms. The van der Waals surface area contributed by atoms with E-state index in [1.165, 1.54) is 0 Å². The van der Waals surface area contributed by atoms with Crippen LogP contribution in [0.4, 0.5) is 0 Å². The maximum Gasteiger partial charge on any atom is 0.280 e. The van der Waals surface area contributed by atoms with Gasteiger partial charge in [0.1, 0.15) is 0 Å². The van der Waals surface area contributed by atoms with Crippen LogP contribution in [0, 0.1) is 0 Å². The summed E-state index contributed by atoms with van der Waals surface area (Å²) in [6.45, 7) is 3.38. The number of hydrogen-bond donors (Lipinski definition) is 2. The molecule has 0 aliphatic rings. The van der Waals surface area contributed by atoms with Crippen LogP contribution in [-0.4, -0.2) is 26.1 Å². The number of nitrogens with zero attached hydrogens (tertiary/aromatic N) is 3. The number of aromatic nitrogens is 4. The molecule has 2 rings (SSSR count). The van der Waals surface area contributed by atoms with Gasteiger partial charge < -0.3 is 4.57 Å². The van der Waals surface area contributed by atoms with E-state index in [1.807, 2.05) is 6.92 Å². The summed E-state index contributed by atoms with van der Waals surface area (Å²) >= 11 is 5.66. The maximum absolute atomic E-state index is 11.4. The number of fused-ring (bicyclic) bond motifs is 1. The van der Waals surface area contributed by atoms with E-state index < -0.39 is 0 Å². The van der Waals surface area contributed by atoms with Crippen molar-refractivity contribution < 1.29 is 0 Å². The summed E-state index contributed by atoms with van der Waals surface area (Å²) in [6.07, 6.45) is 1.56. The van der Waals surface area contributed by atoms with Crippen LogP contribution in [0.15, 0.2) is 11.1 Å². The maximum atomic E-state index is 11.4. The van der Waals surface area contributed by atoms with Crippen molar-refractivity contribution >= 4 is 22.8 Å². The molecule has 0 fully saturated rings. The molecule has 0 unspecified atom stereocenters. The Hall–Kier alpha value is -1.40. The molecule has 0 aliphatic carbocycles. The standard InChI is InChI=1S/C8H10ClN5O/c1-2-10-3-14-4-11-5-6(14)12-8(9)13-7(5)15/h4,10H,2-3H2,1H3,(H,12,13,15). The van der Waals surface area contributed by atoms with Gasteiger partial charge in [0.15, 0.2) is 11.2 Å². The molecule has 2 aromatic rings. The third-order valence-electron chi connectivity index (χ3n) is 1.98. The average Bonchev–Trinajstić information content (AvgIpc) is 2.58. The summed E-state index contributed by atoms with van der Waals surface area (Å²) in [6, 6.07) is 0. The number of hydrogen-bond acceptors (Lipinski definition) is 4. The van der Waals surface area contributed by atoms with E-state index in [0.717, 1.165) is 6.54 Å². The van der Waals surface area contributed by atoms with Gasteiger partial charge in [-0.2, -0.15) is 4.98 Å². The van der Waals surface area contributed by atoms with Gasteiger partial charge in [0, 0.05) is 0 Å². The minimum absolute atomic E-state index is 0.0748. The predicted octanol–water partition coefficient (Wildman–Crippen LogP) is 0.340. The van der Waals surface area contributed by atoms with Crippen LogP contribution >= 0.6 is 11.6 Å². The Labute approximate surface area is 90.3 Å². The summed E-state index contributed by atoms with van der Waals surface area (Å²) in [7, 11) is 0. The number of imidazole rings is 1. The molecule has 0 saturated carbocycles. The Morgan fingerprint density at radius 3 is 3.20 bits per heavy atom. The van der Waals surface area contributed by atoms with Gasteiger partial charge in [-0.1, -0.05) is 6.92 Å². The van der Waals surface area contributed by atoms with Crippen molar-refractivity contribution in [3.05, 3.63) is 22.0 Å². The molecule has 0 bridgehead atoms. The lowest BCUT2D eigenvalue weighted by Crippen LogP contribution is -2.18. The zero-order chi connectivity index (χ0) is 10.8. The van der Waals surface area contributed by atoms with Gasteiger partial charge in [-0.15, -0.1) is 0 Å². The Morgan fingerprint density at radius 1 is 1.67 bits per heavy atom. The normalized spacial score (nSPS) is 11.1. The first-order chi connectivity index (χ1) is 7.22. The van der Waals surface area contributed by atoms with Gasteiger partial charge in [0.05, 0.1) is 13.0 Å². The summed E-state index contributed by atoms with van der Waals surface area (Å²) in [4.78, 5) is 21.8. The zero-order valence-corrected chi connectivity index (χ0v) is 8.88. The van der Waals surface area contributed by atoms with Crippen molar-refractivity contribution in [1.82, 2.24) is 24.8 Å². The Balaban J connectivity index is 2.53. The second kappa shape index (κ2) is 4.00. The van der Waals surface area contributed by atoms with Crippen LogP contribution in [0.1, 0.15) is 6.92 Å². The monoisotopic (exact) mass is 227 g/mol. The van der Waals surface area contributed by atoms with Crippen LogP contribution in [0.3, 0.4) is 0 Å². The van der Waals surface area contributed by atoms with E-state index >= 15 is 0 Å². The van der Waals surface area contributed by atoms with Crippen molar-refractivity contribution in [2.75, 3.05) is 6.54 Å². The van der Waals surface area contributed by atoms with Crippen molar-refractivity contribution in [2.24, 2.45) is 0 Å². The fraction of sp³-hybridized carbons (Fsp3) is 0.375. The van der Waals surface area contributed by atoms with E-state index in [2.05, 4.69) is 20.3 Å². The summed E-state index contributed by atoms with van der Waals surface area (Å²) in [5, 5.41) is 3.18. The zero-order valence-electron chi connectivity index (χ0n) is 8.12. The van der Waals surface area contributed by atoms with Crippen LogP contribution in [0.5, 0.6) is 0 Å². The molecular formula is C8H10ClN5O. The molecule has 2 heterocycles. The SMILES string of the molecule is CCNCn1cnc2c(=O)[nH]c(Cl)nc21. The molecule has 0 amide bonds. The van der Waals surface area contributed by atoms with E-state index in [0.29, 0.717) is 17.8 Å². The minimum Gasteiger partial charge on any atom is -0.301 e. The highest BCUT2D eigenvalue weighted by molar-refractivity contribution is 6.28. The van der Waals surface area contributed by atoms with Crippen LogP contribution < -0.4 is 10.9 Å². The molecule has 6 nitrogen and oxygen atoms in total. The number of halogens is 1. The minimum atomic E-state index is -0.319. The van der Waals surface area contributed by atoms with E-state index in [1.54, 1.807) is 10.9 Å². The lowest BCUT2D eigenvalue weighted by molar-refractivity contribution is 0.585. The Kier molecular flexibility index (Phi) is 2.70. The topological polar surface area (TPSA) is 75.6 Å². The van der Waals surface area contributed by atoms with Gasteiger partial charge in [-0.05, 0) is 18.1 Å². The van der Waals surface area contributed by atoms with Gasteiger partial charge >= 0.3 is 0 Å². The molecule has 0 aliphatic heterocycles. The molecule has 0 aromatic carbocycles. The van der Waals surface area contributed by atoms with Crippen LogP contribution in [-0.2, 0) is 6.67 Å². The van der Waals surface area contributed by atoms with Crippen molar-refractivity contribution in [1.29, 1.82) is 0 Å². The summed E-state index contributed by atoms with van der Waals surface area (Å²) in [5.74, 6) is 0. The average molecular weight is 228 g/mol. The molecule has 0 saturated heterocycles. The first-order valence-corrected chi connectivity index (χ1v) is 4.91. The number of H-pyrrole nitrogens is 1. The fourth-order valence-corrected chi connectivity index (χ4v) is 1.44. The highest BCUT2D eigenvalue weighted by Gasteiger charge is 2.08. The third-order valence-corrected chi connectivity index (χ3v) is 2.16. The third kappa shape index (κ3) is 1.86. The smallest absolute Gasteiger partial charge is 0.280 e. The second-order valence-corrected chi connectivity index (χ2v) is 3.36. The molecule has 0 spiro atoms. The number of nitrogens with one attached hydrogen (secondary N) is 2. The lowest BCUT2D eigenvalue weighted by Gasteiger charge is -2.02. The molecule has 80 valence electrons. The van der Waals surface area contributed by atoms with E-state index in [-0.39, 0.29) is 10.8 Å². The molecule has 15 heavy (non-hydrogen) atoms. The van der Waals surface area contributed by atoms with E-state index in [9.17, 15) is 4.79 Å². The van der Waals surface area contributed by atoms with Crippen LogP contribution in [0.2, 0.25) is 5.28 Å². The van der Waals surface area contributed by atoms with E-state index in [4.69, 9.17) is 11.6 Å². The quantitative estimate of drug-likeness (QED) is 0.742. The van der Waals surface area contributed by atoms with Crippen molar-refractivity contribution in [2.45, 2.75) is 13.6 Å². The van der Waals surface area contributed by atoms with Gasteiger partial charge in [-0.3, -0.25) is 15.1 Å². The Morgan fingerprint density at radius 2 is 2.47 bits per heavy atom. The van der Waals surface area contributed by atoms with Crippen LogP contribution in [0.25, 0.3) is 11.2 Å². The van der Waals surface area contributed by atoms with Gasteiger partial charge in [-0.25, -0.2) is 4.98 Å². The largest absolute Gasteiger partial charge is 0.301 e. The molecule has 0 radical (unpaired) electrons. The predicted molar refractivity (Wildman–Crippen MR) is 56.8 cm³/mol. The fourth-order valence-electron chi connectivity index (χ4n) is 1.27. The molecule has 2 aromatic heterocycles. The second-order valence-electron chi connectivity index (χ2n) is 3.00. The lowest BCUT2D eigenvalue weighted by atomic mass is 10.5. The number of rotatable bonds is 3. The summed E-state index contributed by atoms with van der Waals surface area (Å²) in [5.41, 5.74) is 0.474. The molecular weight excluding hydrogens is 218 g/mol. The van der Waals surface area contributed by atoms with Crippen molar-refractivity contribution in [3.8, 4) is 0 Å².